The van der Waals surface area contributed by atoms with Crippen LogP contribution in [0, 0.1) is 0 Å². The second kappa shape index (κ2) is 5.83. The van der Waals surface area contributed by atoms with E-state index in [-0.39, 0.29) is 5.56 Å². The van der Waals surface area contributed by atoms with Crippen LogP contribution in [0.2, 0.25) is 0 Å². The molecule has 1 N–H and O–H groups in total. The molecule has 0 saturated carbocycles. The maximum atomic E-state index is 13.0. The third-order valence-electron chi connectivity index (χ3n) is 3.55. The van der Waals surface area contributed by atoms with Crippen molar-refractivity contribution in [2.75, 3.05) is 13.1 Å². The van der Waals surface area contributed by atoms with Crippen LogP contribution in [0.3, 0.4) is 0 Å². The molecule has 1 heterocycles. The molecule has 1 atom stereocenters. The van der Waals surface area contributed by atoms with Crippen molar-refractivity contribution < 1.29 is 23.1 Å². The van der Waals surface area contributed by atoms with Crippen LogP contribution in [0.5, 0.6) is 0 Å². The van der Waals surface area contributed by atoms with Gasteiger partial charge in [0, 0.05) is 0 Å². The summed E-state index contributed by atoms with van der Waals surface area (Å²) >= 11 is 0. The predicted octanol–water partition coefficient (Wildman–Crippen LogP) is 3.32. The summed E-state index contributed by atoms with van der Waals surface area (Å²) < 4.78 is 39.1. The van der Waals surface area contributed by atoms with Gasteiger partial charge in [-0.25, -0.2) is 0 Å². The zero-order valence-corrected chi connectivity index (χ0v) is 10.9. The van der Waals surface area contributed by atoms with E-state index in [1.165, 1.54) is 18.2 Å². The molecule has 3 nitrogen and oxygen atoms in total. The second-order valence-electron chi connectivity index (χ2n) is 4.92. The first-order valence-corrected chi connectivity index (χ1v) is 6.54. The monoisotopic (exact) mass is 287 g/mol. The number of aliphatic carboxylic acids is 1. The molecule has 1 aliphatic heterocycles. The van der Waals surface area contributed by atoms with E-state index >= 15 is 0 Å². The molecule has 1 aromatic rings. The van der Waals surface area contributed by atoms with Crippen molar-refractivity contribution in [1.29, 1.82) is 0 Å². The van der Waals surface area contributed by atoms with Gasteiger partial charge in [0.05, 0.1) is 5.56 Å². The van der Waals surface area contributed by atoms with Crippen molar-refractivity contribution in [3.05, 3.63) is 35.4 Å². The smallest absolute Gasteiger partial charge is 0.416 e. The van der Waals surface area contributed by atoms with Gasteiger partial charge in [-0.2, -0.15) is 13.2 Å². The zero-order valence-electron chi connectivity index (χ0n) is 10.9. The van der Waals surface area contributed by atoms with Gasteiger partial charge in [0.1, 0.15) is 6.04 Å². The highest BCUT2D eigenvalue weighted by Gasteiger charge is 2.38. The number of likely N-dealkylation sites (tertiary alicyclic amines) is 1. The van der Waals surface area contributed by atoms with E-state index in [2.05, 4.69) is 0 Å². The third kappa shape index (κ3) is 3.12. The van der Waals surface area contributed by atoms with Gasteiger partial charge in [-0.1, -0.05) is 24.6 Å². The SMILES string of the molecule is O=C(O)C(c1ccccc1C(F)(F)F)N1CCCCC1. The molecule has 1 aliphatic rings. The Labute approximate surface area is 115 Å². The number of halogens is 3. The maximum Gasteiger partial charge on any atom is 0.416 e. The van der Waals surface area contributed by atoms with Crippen LogP contribution in [0.4, 0.5) is 13.2 Å². The Kier molecular flexibility index (Phi) is 4.32. The number of carboxylic acid groups (broad SMARTS) is 1. The summed E-state index contributed by atoms with van der Waals surface area (Å²) in [6, 6.07) is 3.70. The minimum atomic E-state index is -4.54. The van der Waals surface area contributed by atoms with Crippen molar-refractivity contribution >= 4 is 5.97 Å². The molecule has 0 radical (unpaired) electrons. The third-order valence-corrected chi connectivity index (χ3v) is 3.55. The zero-order chi connectivity index (χ0) is 14.8. The molecule has 0 bridgehead atoms. The summed E-state index contributed by atoms with van der Waals surface area (Å²) in [7, 11) is 0. The summed E-state index contributed by atoms with van der Waals surface area (Å²) in [6.07, 6.45) is -1.92. The Morgan fingerprint density at radius 2 is 1.75 bits per heavy atom. The fourth-order valence-corrected chi connectivity index (χ4v) is 2.66. The average molecular weight is 287 g/mol. The molecule has 0 aliphatic carbocycles. The van der Waals surface area contributed by atoms with Gasteiger partial charge in [-0.05, 0) is 37.6 Å². The van der Waals surface area contributed by atoms with Crippen molar-refractivity contribution in [2.24, 2.45) is 0 Å². The molecule has 6 heteroatoms. The van der Waals surface area contributed by atoms with Crippen molar-refractivity contribution in [3.8, 4) is 0 Å². The van der Waals surface area contributed by atoms with Crippen LogP contribution < -0.4 is 0 Å². The number of piperidine rings is 1. The quantitative estimate of drug-likeness (QED) is 0.927. The predicted molar refractivity (Wildman–Crippen MR) is 67.2 cm³/mol. The van der Waals surface area contributed by atoms with Crippen LogP contribution >= 0.6 is 0 Å². The van der Waals surface area contributed by atoms with Crippen LogP contribution in [0.15, 0.2) is 24.3 Å². The van der Waals surface area contributed by atoms with E-state index in [0.29, 0.717) is 13.1 Å². The molecule has 1 fully saturated rings. The lowest BCUT2D eigenvalue weighted by atomic mass is 9.96. The van der Waals surface area contributed by atoms with Gasteiger partial charge in [-0.3, -0.25) is 9.69 Å². The molecule has 1 saturated heterocycles. The Balaban J connectivity index is 2.42. The molecule has 2 rings (SSSR count). The number of rotatable bonds is 3. The van der Waals surface area contributed by atoms with E-state index < -0.39 is 23.8 Å². The van der Waals surface area contributed by atoms with Gasteiger partial charge in [0.25, 0.3) is 0 Å². The van der Waals surface area contributed by atoms with Gasteiger partial charge >= 0.3 is 12.1 Å². The summed E-state index contributed by atoms with van der Waals surface area (Å²) in [6.45, 7) is 1.03. The fourth-order valence-electron chi connectivity index (χ4n) is 2.66. The van der Waals surface area contributed by atoms with E-state index in [4.69, 9.17) is 0 Å². The Morgan fingerprint density at radius 3 is 2.30 bits per heavy atom. The number of benzene rings is 1. The first-order valence-electron chi connectivity index (χ1n) is 6.54. The highest BCUT2D eigenvalue weighted by atomic mass is 19.4. The standard InChI is InChI=1S/C14H16F3NO2/c15-14(16,17)11-7-3-2-6-10(11)12(13(19)20)18-8-4-1-5-9-18/h2-3,6-7,12H,1,4-5,8-9H2,(H,19,20). The van der Waals surface area contributed by atoms with Crippen LogP contribution in [-0.2, 0) is 11.0 Å². The molecule has 0 spiro atoms. The van der Waals surface area contributed by atoms with Gasteiger partial charge in [-0.15, -0.1) is 0 Å². The van der Waals surface area contributed by atoms with Gasteiger partial charge in [0.15, 0.2) is 0 Å². The minimum Gasteiger partial charge on any atom is -0.480 e. The summed E-state index contributed by atoms with van der Waals surface area (Å²) in [4.78, 5) is 13.1. The minimum absolute atomic E-state index is 0.172. The Hall–Kier alpha value is -1.56. The number of hydrogen-bond donors (Lipinski definition) is 1. The molecule has 0 aromatic heterocycles. The topological polar surface area (TPSA) is 40.5 Å². The molecule has 1 aromatic carbocycles. The number of nitrogens with zero attached hydrogens (tertiary/aromatic N) is 1. The van der Waals surface area contributed by atoms with Gasteiger partial charge < -0.3 is 5.11 Å². The normalized spacial score (nSPS) is 18.8. The second-order valence-corrected chi connectivity index (χ2v) is 4.92. The summed E-state index contributed by atoms with van der Waals surface area (Å²) in [5.74, 6) is -1.23. The lowest BCUT2D eigenvalue weighted by Gasteiger charge is -2.33. The molecular weight excluding hydrogens is 271 g/mol. The highest BCUT2D eigenvalue weighted by Crippen LogP contribution is 2.37. The average Bonchev–Trinajstić information content (AvgIpc) is 2.39. The molecule has 0 amide bonds. The summed E-state index contributed by atoms with van der Waals surface area (Å²) in [5, 5.41) is 9.36. The lowest BCUT2D eigenvalue weighted by molar-refractivity contribution is -0.146. The molecular formula is C14H16F3NO2. The largest absolute Gasteiger partial charge is 0.480 e. The molecule has 110 valence electrons. The number of carboxylic acids is 1. The van der Waals surface area contributed by atoms with E-state index in [0.717, 1.165) is 25.3 Å². The van der Waals surface area contributed by atoms with E-state index in [1.807, 2.05) is 0 Å². The van der Waals surface area contributed by atoms with E-state index in [9.17, 15) is 23.1 Å². The van der Waals surface area contributed by atoms with Crippen molar-refractivity contribution in [1.82, 2.24) is 4.90 Å². The Morgan fingerprint density at radius 1 is 1.15 bits per heavy atom. The first-order chi connectivity index (χ1) is 9.41. The maximum absolute atomic E-state index is 13.0. The van der Waals surface area contributed by atoms with Crippen molar-refractivity contribution in [3.63, 3.8) is 0 Å². The lowest BCUT2D eigenvalue weighted by Crippen LogP contribution is -2.38. The fraction of sp³-hybridized carbons (Fsp3) is 0.500. The summed E-state index contributed by atoms with van der Waals surface area (Å²) in [5.41, 5.74) is -1.03. The van der Waals surface area contributed by atoms with E-state index in [1.54, 1.807) is 4.90 Å². The highest BCUT2D eigenvalue weighted by molar-refractivity contribution is 5.76. The van der Waals surface area contributed by atoms with Crippen molar-refractivity contribution in [2.45, 2.75) is 31.5 Å². The van der Waals surface area contributed by atoms with Crippen LogP contribution in [0.25, 0.3) is 0 Å². The number of alkyl halides is 3. The number of carbonyl (C=O) groups is 1. The van der Waals surface area contributed by atoms with Crippen LogP contribution in [-0.4, -0.2) is 29.1 Å². The van der Waals surface area contributed by atoms with Gasteiger partial charge in [0.2, 0.25) is 0 Å². The molecule has 1 unspecified atom stereocenters. The molecule has 20 heavy (non-hydrogen) atoms. The Bertz CT molecular complexity index is 482. The van der Waals surface area contributed by atoms with Crippen LogP contribution in [0.1, 0.15) is 36.4 Å². The first kappa shape index (κ1) is 14.8. The number of hydrogen-bond acceptors (Lipinski definition) is 2.